The van der Waals surface area contributed by atoms with Crippen LogP contribution >= 0.6 is 0 Å². The Bertz CT molecular complexity index is 581. The summed E-state index contributed by atoms with van der Waals surface area (Å²) >= 11 is 0. The summed E-state index contributed by atoms with van der Waals surface area (Å²) in [6, 6.07) is 0. The summed E-state index contributed by atoms with van der Waals surface area (Å²) in [4.78, 5) is 18.7. The first-order chi connectivity index (χ1) is 7.29. The van der Waals surface area contributed by atoms with Crippen LogP contribution in [-0.2, 0) is 19.3 Å². The Morgan fingerprint density at radius 1 is 1.47 bits per heavy atom. The van der Waals surface area contributed by atoms with Gasteiger partial charge in [0.05, 0.1) is 5.69 Å². The first-order valence-electron chi connectivity index (χ1n) is 5.29. The summed E-state index contributed by atoms with van der Waals surface area (Å²) in [6.07, 6.45) is 3.63. The van der Waals surface area contributed by atoms with Crippen molar-refractivity contribution in [1.82, 2.24) is 19.6 Å². The number of aryl methyl sites for hydroxylation is 2. The normalized spacial score (nSPS) is 14.7. The highest BCUT2D eigenvalue weighted by Crippen LogP contribution is 2.17. The molecule has 3 rings (SSSR count). The lowest BCUT2D eigenvalue weighted by atomic mass is 10.3. The highest BCUT2D eigenvalue weighted by molar-refractivity contribution is 5.35. The second-order valence-corrected chi connectivity index (χ2v) is 3.85. The highest BCUT2D eigenvalue weighted by Gasteiger charge is 2.19. The number of hydrogen-bond acceptors (Lipinski definition) is 3. The van der Waals surface area contributed by atoms with Gasteiger partial charge < -0.3 is 0 Å². The fourth-order valence-electron chi connectivity index (χ4n) is 2.16. The molecule has 0 fully saturated rings. The third kappa shape index (κ3) is 1.12. The fourth-order valence-corrected chi connectivity index (χ4v) is 2.16. The van der Waals surface area contributed by atoms with Crippen molar-refractivity contribution in [2.75, 3.05) is 0 Å². The maximum Gasteiger partial charge on any atom is 0.255 e. The molecule has 5 nitrogen and oxygen atoms in total. The molecular formula is C10H12N4O. The Labute approximate surface area is 86.2 Å². The molecule has 0 saturated heterocycles. The van der Waals surface area contributed by atoms with Gasteiger partial charge in [-0.1, -0.05) is 6.92 Å². The van der Waals surface area contributed by atoms with Gasteiger partial charge in [-0.25, -0.2) is 4.52 Å². The van der Waals surface area contributed by atoms with E-state index in [1.165, 1.54) is 0 Å². The minimum absolute atomic E-state index is 0.00468. The van der Waals surface area contributed by atoms with Gasteiger partial charge in [-0.15, -0.1) is 5.10 Å². The average molecular weight is 204 g/mol. The van der Waals surface area contributed by atoms with Gasteiger partial charge >= 0.3 is 0 Å². The van der Waals surface area contributed by atoms with Crippen LogP contribution in [0.1, 0.15) is 30.4 Å². The number of nitrogens with zero attached hydrogens (tertiary/aromatic N) is 3. The quantitative estimate of drug-likeness (QED) is 0.734. The number of rotatable bonds is 1. The van der Waals surface area contributed by atoms with Crippen LogP contribution in [-0.4, -0.2) is 19.6 Å². The smallest absolute Gasteiger partial charge is 0.255 e. The van der Waals surface area contributed by atoms with E-state index in [0.29, 0.717) is 5.78 Å². The number of aromatic nitrogens is 4. The van der Waals surface area contributed by atoms with E-state index in [2.05, 4.69) is 15.1 Å². The van der Waals surface area contributed by atoms with Gasteiger partial charge in [-0.05, 0) is 19.3 Å². The molecule has 2 aromatic rings. The van der Waals surface area contributed by atoms with E-state index in [1.54, 1.807) is 4.52 Å². The molecule has 0 unspecified atom stereocenters. The Hall–Kier alpha value is -1.65. The van der Waals surface area contributed by atoms with Gasteiger partial charge in [0, 0.05) is 12.0 Å². The molecule has 0 aliphatic heterocycles. The Balaban J connectivity index is 2.40. The molecule has 15 heavy (non-hydrogen) atoms. The number of hydrogen-bond donors (Lipinski definition) is 1. The van der Waals surface area contributed by atoms with Gasteiger partial charge in [0.1, 0.15) is 0 Å². The number of fused-ring (bicyclic) bond motifs is 3. The lowest BCUT2D eigenvalue weighted by Gasteiger charge is -1.99. The van der Waals surface area contributed by atoms with E-state index >= 15 is 0 Å². The maximum absolute atomic E-state index is 11.7. The van der Waals surface area contributed by atoms with Crippen LogP contribution in [0.2, 0.25) is 0 Å². The van der Waals surface area contributed by atoms with Crippen LogP contribution in [0, 0.1) is 0 Å². The monoisotopic (exact) mass is 204 g/mol. The molecule has 5 heteroatoms. The third-order valence-corrected chi connectivity index (χ3v) is 2.91. The minimum atomic E-state index is 0.00468. The SMILES string of the molecule is CCc1nc2[nH]c(=O)c3c(n2n1)CCC3. The molecule has 0 radical (unpaired) electrons. The maximum atomic E-state index is 11.7. The van der Waals surface area contributed by atoms with Crippen molar-refractivity contribution >= 4 is 5.78 Å². The zero-order chi connectivity index (χ0) is 10.4. The molecule has 0 atom stereocenters. The predicted molar refractivity (Wildman–Crippen MR) is 55.0 cm³/mol. The van der Waals surface area contributed by atoms with Crippen molar-refractivity contribution in [3.63, 3.8) is 0 Å². The van der Waals surface area contributed by atoms with Crippen molar-refractivity contribution in [1.29, 1.82) is 0 Å². The summed E-state index contributed by atoms with van der Waals surface area (Å²) in [5.74, 6) is 1.36. The van der Waals surface area contributed by atoms with Gasteiger partial charge in [-0.3, -0.25) is 9.78 Å². The van der Waals surface area contributed by atoms with Crippen molar-refractivity contribution < 1.29 is 0 Å². The molecule has 2 heterocycles. The second kappa shape index (κ2) is 2.92. The van der Waals surface area contributed by atoms with Crippen molar-refractivity contribution in [2.24, 2.45) is 0 Å². The zero-order valence-electron chi connectivity index (χ0n) is 8.58. The molecule has 0 bridgehead atoms. The standard InChI is InChI=1S/C10H12N4O/c1-2-8-11-10-12-9(15)6-4-3-5-7(6)14(10)13-8/h2-5H2,1H3,(H,11,12,13,15). The molecule has 1 aliphatic carbocycles. The summed E-state index contributed by atoms with van der Waals surface area (Å²) in [5, 5.41) is 4.38. The van der Waals surface area contributed by atoms with Crippen molar-refractivity contribution in [2.45, 2.75) is 32.6 Å². The van der Waals surface area contributed by atoms with E-state index in [0.717, 1.165) is 42.8 Å². The van der Waals surface area contributed by atoms with E-state index in [4.69, 9.17) is 0 Å². The first-order valence-corrected chi connectivity index (χ1v) is 5.29. The van der Waals surface area contributed by atoms with Crippen LogP contribution < -0.4 is 5.56 Å². The van der Waals surface area contributed by atoms with Crippen LogP contribution in [0.15, 0.2) is 4.79 Å². The number of aromatic amines is 1. The van der Waals surface area contributed by atoms with Crippen molar-refractivity contribution in [3.05, 3.63) is 27.4 Å². The van der Waals surface area contributed by atoms with Crippen LogP contribution in [0.25, 0.3) is 5.78 Å². The average Bonchev–Trinajstić information content (AvgIpc) is 2.80. The van der Waals surface area contributed by atoms with E-state index < -0.39 is 0 Å². The molecule has 0 aromatic carbocycles. The summed E-state index contributed by atoms with van der Waals surface area (Å²) in [7, 11) is 0. The van der Waals surface area contributed by atoms with Gasteiger partial charge in [0.25, 0.3) is 5.56 Å². The van der Waals surface area contributed by atoms with E-state index in [-0.39, 0.29) is 5.56 Å². The largest absolute Gasteiger partial charge is 0.291 e. The Morgan fingerprint density at radius 2 is 2.33 bits per heavy atom. The topological polar surface area (TPSA) is 63.0 Å². The predicted octanol–water partition coefficient (Wildman–Crippen LogP) is 0.469. The minimum Gasteiger partial charge on any atom is -0.291 e. The molecule has 1 aliphatic rings. The third-order valence-electron chi connectivity index (χ3n) is 2.91. The molecule has 78 valence electrons. The molecule has 0 saturated carbocycles. The summed E-state index contributed by atoms with van der Waals surface area (Å²) in [5.41, 5.74) is 1.93. The molecular weight excluding hydrogens is 192 g/mol. The summed E-state index contributed by atoms with van der Waals surface area (Å²) in [6.45, 7) is 2.01. The number of nitrogens with one attached hydrogen (secondary N) is 1. The molecule has 1 N–H and O–H groups in total. The van der Waals surface area contributed by atoms with E-state index in [9.17, 15) is 4.79 Å². The fraction of sp³-hybridized carbons (Fsp3) is 0.500. The van der Waals surface area contributed by atoms with Crippen molar-refractivity contribution in [3.8, 4) is 0 Å². The summed E-state index contributed by atoms with van der Waals surface area (Å²) < 4.78 is 1.79. The van der Waals surface area contributed by atoms with Crippen LogP contribution in [0.3, 0.4) is 0 Å². The lowest BCUT2D eigenvalue weighted by Crippen LogP contribution is -2.16. The van der Waals surface area contributed by atoms with Crippen LogP contribution in [0.5, 0.6) is 0 Å². The number of H-pyrrole nitrogens is 1. The molecule has 2 aromatic heterocycles. The highest BCUT2D eigenvalue weighted by atomic mass is 16.1. The molecule has 0 spiro atoms. The molecule has 0 amide bonds. The Morgan fingerprint density at radius 3 is 3.13 bits per heavy atom. The van der Waals surface area contributed by atoms with Gasteiger partial charge in [0.15, 0.2) is 5.82 Å². The van der Waals surface area contributed by atoms with Crippen LogP contribution in [0.4, 0.5) is 0 Å². The van der Waals surface area contributed by atoms with E-state index in [1.807, 2.05) is 6.92 Å². The second-order valence-electron chi connectivity index (χ2n) is 3.85. The first kappa shape index (κ1) is 8.64. The lowest BCUT2D eigenvalue weighted by molar-refractivity contribution is 0.813. The van der Waals surface area contributed by atoms with Gasteiger partial charge in [-0.2, -0.15) is 4.98 Å². The zero-order valence-corrected chi connectivity index (χ0v) is 8.58. The Kier molecular flexibility index (Phi) is 1.68. The van der Waals surface area contributed by atoms with Gasteiger partial charge in [0.2, 0.25) is 5.78 Å².